The third-order valence-corrected chi connectivity index (χ3v) is 3.95. The molecule has 2 aliphatic carbocycles. The predicted molar refractivity (Wildman–Crippen MR) is 56.9 cm³/mol. The van der Waals surface area contributed by atoms with Gasteiger partial charge in [-0.2, -0.15) is 0 Å². The quantitative estimate of drug-likeness (QED) is 0.644. The van der Waals surface area contributed by atoms with Crippen molar-refractivity contribution in [1.82, 2.24) is 0 Å². The van der Waals surface area contributed by atoms with E-state index in [1.165, 1.54) is 38.5 Å². The molecule has 0 aromatic rings. The minimum atomic E-state index is -0.135. The van der Waals surface area contributed by atoms with E-state index in [1.54, 1.807) is 0 Å². The van der Waals surface area contributed by atoms with Gasteiger partial charge >= 0.3 is 0 Å². The maximum absolute atomic E-state index is 11.8. The second-order valence-corrected chi connectivity index (χ2v) is 4.96. The Morgan fingerprint density at radius 2 is 1.64 bits per heavy atom. The van der Waals surface area contributed by atoms with Gasteiger partial charge in [-0.05, 0) is 25.2 Å². The number of Topliss-reactive ketones (excluding diaryl/α,β-unsaturated/α-hetero) is 1. The average Bonchev–Trinajstić information content (AvgIpc) is 2.49. The predicted octanol–water partition coefficient (Wildman–Crippen LogP) is 2.26. The number of carbonyl (C=O) groups excluding carboxylic acids is 1. The van der Waals surface area contributed by atoms with Crippen molar-refractivity contribution in [2.24, 2.45) is 17.6 Å². The zero-order chi connectivity index (χ0) is 9.97. The third-order valence-electron chi connectivity index (χ3n) is 3.95. The minimum Gasteiger partial charge on any atom is -0.321 e. The smallest absolute Gasteiger partial charge is 0.152 e. The molecule has 2 aliphatic rings. The minimum absolute atomic E-state index is 0.135. The van der Waals surface area contributed by atoms with Crippen LogP contribution in [-0.2, 0) is 4.79 Å². The third kappa shape index (κ3) is 2.00. The van der Waals surface area contributed by atoms with Crippen LogP contribution < -0.4 is 5.73 Å². The molecule has 2 rings (SSSR count). The van der Waals surface area contributed by atoms with Crippen LogP contribution in [0, 0.1) is 11.8 Å². The van der Waals surface area contributed by atoms with Crippen molar-refractivity contribution in [3.8, 4) is 0 Å². The zero-order valence-corrected chi connectivity index (χ0v) is 8.87. The first-order chi connectivity index (χ1) is 6.79. The van der Waals surface area contributed by atoms with Gasteiger partial charge in [0.1, 0.15) is 0 Å². The molecule has 0 heterocycles. The van der Waals surface area contributed by atoms with Crippen LogP contribution >= 0.6 is 0 Å². The normalized spacial score (nSPS) is 39.8. The van der Waals surface area contributed by atoms with E-state index >= 15 is 0 Å². The Kier molecular flexibility index (Phi) is 3.22. The van der Waals surface area contributed by atoms with E-state index in [9.17, 15) is 4.79 Å². The number of ketones is 1. The van der Waals surface area contributed by atoms with Gasteiger partial charge in [0.05, 0.1) is 6.04 Å². The fraction of sp³-hybridized carbons (Fsp3) is 0.917. The Morgan fingerprint density at radius 1 is 1.00 bits per heavy atom. The van der Waals surface area contributed by atoms with E-state index in [2.05, 4.69) is 0 Å². The number of hydrogen-bond acceptors (Lipinski definition) is 2. The van der Waals surface area contributed by atoms with Crippen molar-refractivity contribution in [3.05, 3.63) is 0 Å². The summed E-state index contributed by atoms with van der Waals surface area (Å²) in [5.74, 6) is 1.30. The van der Waals surface area contributed by atoms with Crippen molar-refractivity contribution in [3.63, 3.8) is 0 Å². The summed E-state index contributed by atoms with van der Waals surface area (Å²) in [6, 6.07) is -0.135. The molecular formula is C12H21NO. The standard InChI is InChI=1S/C12H21NO/c13-11-8-9-6-4-2-1-3-5-7-10(9)12(11)14/h9-11H,1-8,13H2. The summed E-state index contributed by atoms with van der Waals surface area (Å²) in [7, 11) is 0. The molecule has 2 nitrogen and oxygen atoms in total. The van der Waals surface area contributed by atoms with E-state index in [-0.39, 0.29) is 6.04 Å². The van der Waals surface area contributed by atoms with Gasteiger partial charge in [-0.3, -0.25) is 4.79 Å². The summed E-state index contributed by atoms with van der Waals surface area (Å²) in [6.45, 7) is 0. The van der Waals surface area contributed by atoms with Gasteiger partial charge in [0.2, 0.25) is 0 Å². The lowest BCUT2D eigenvalue weighted by Crippen LogP contribution is -2.27. The van der Waals surface area contributed by atoms with E-state index < -0.39 is 0 Å². The summed E-state index contributed by atoms with van der Waals surface area (Å²) >= 11 is 0. The van der Waals surface area contributed by atoms with Crippen LogP contribution in [-0.4, -0.2) is 11.8 Å². The molecule has 0 bridgehead atoms. The highest BCUT2D eigenvalue weighted by Crippen LogP contribution is 2.36. The van der Waals surface area contributed by atoms with Crippen LogP contribution in [0.2, 0.25) is 0 Å². The topological polar surface area (TPSA) is 43.1 Å². The molecule has 0 radical (unpaired) electrons. The van der Waals surface area contributed by atoms with Crippen LogP contribution in [0.4, 0.5) is 0 Å². The van der Waals surface area contributed by atoms with E-state index in [0.29, 0.717) is 17.6 Å². The fourth-order valence-corrected chi connectivity index (χ4v) is 3.11. The van der Waals surface area contributed by atoms with Crippen LogP contribution in [0.5, 0.6) is 0 Å². The molecule has 0 aliphatic heterocycles. The molecule has 0 spiro atoms. The molecular weight excluding hydrogens is 174 g/mol. The molecule has 2 fully saturated rings. The van der Waals surface area contributed by atoms with E-state index in [4.69, 9.17) is 5.73 Å². The number of nitrogens with two attached hydrogens (primary N) is 1. The average molecular weight is 195 g/mol. The van der Waals surface area contributed by atoms with Crippen molar-refractivity contribution < 1.29 is 4.79 Å². The van der Waals surface area contributed by atoms with Crippen molar-refractivity contribution >= 4 is 5.78 Å². The lowest BCUT2D eigenvalue weighted by Gasteiger charge is -2.15. The number of rotatable bonds is 0. The molecule has 3 unspecified atom stereocenters. The Morgan fingerprint density at radius 3 is 2.43 bits per heavy atom. The second-order valence-electron chi connectivity index (χ2n) is 4.96. The van der Waals surface area contributed by atoms with Crippen molar-refractivity contribution in [2.75, 3.05) is 0 Å². The monoisotopic (exact) mass is 195 g/mol. The van der Waals surface area contributed by atoms with Crippen LogP contribution in [0.15, 0.2) is 0 Å². The SMILES string of the molecule is NC1CC2CCCCCCCC2C1=O. The Bertz CT molecular complexity index is 214. The van der Waals surface area contributed by atoms with Crippen molar-refractivity contribution in [2.45, 2.75) is 57.4 Å². The highest BCUT2D eigenvalue weighted by atomic mass is 16.1. The molecule has 80 valence electrons. The van der Waals surface area contributed by atoms with E-state index in [0.717, 1.165) is 12.8 Å². The molecule has 0 aromatic heterocycles. The molecule has 0 amide bonds. The molecule has 0 aromatic carbocycles. The van der Waals surface area contributed by atoms with Gasteiger partial charge in [0.15, 0.2) is 5.78 Å². The van der Waals surface area contributed by atoms with Crippen LogP contribution in [0.25, 0.3) is 0 Å². The maximum atomic E-state index is 11.8. The van der Waals surface area contributed by atoms with Crippen LogP contribution in [0.1, 0.15) is 51.4 Å². The van der Waals surface area contributed by atoms with Crippen LogP contribution in [0.3, 0.4) is 0 Å². The maximum Gasteiger partial charge on any atom is 0.152 e. The first kappa shape index (κ1) is 10.2. The Balaban J connectivity index is 2.02. The van der Waals surface area contributed by atoms with Gasteiger partial charge < -0.3 is 5.73 Å². The largest absolute Gasteiger partial charge is 0.321 e. The molecule has 2 heteroatoms. The van der Waals surface area contributed by atoms with Gasteiger partial charge in [-0.15, -0.1) is 0 Å². The summed E-state index contributed by atoms with van der Waals surface area (Å²) in [4.78, 5) is 11.8. The molecule has 0 saturated heterocycles. The van der Waals surface area contributed by atoms with Gasteiger partial charge in [-0.1, -0.05) is 32.1 Å². The number of carbonyl (C=O) groups is 1. The molecule has 2 saturated carbocycles. The Hall–Kier alpha value is -0.370. The lowest BCUT2D eigenvalue weighted by molar-refractivity contribution is -0.122. The molecule has 14 heavy (non-hydrogen) atoms. The summed E-state index contributed by atoms with van der Waals surface area (Å²) in [5, 5.41) is 0. The summed E-state index contributed by atoms with van der Waals surface area (Å²) in [5.41, 5.74) is 5.83. The number of fused-ring (bicyclic) bond motifs is 1. The summed E-state index contributed by atoms with van der Waals surface area (Å²) < 4.78 is 0. The van der Waals surface area contributed by atoms with Gasteiger partial charge in [0.25, 0.3) is 0 Å². The van der Waals surface area contributed by atoms with Gasteiger partial charge in [0, 0.05) is 5.92 Å². The second kappa shape index (κ2) is 4.43. The van der Waals surface area contributed by atoms with E-state index in [1.807, 2.05) is 0 Å². The highest BCUT2D eigenvalue weighted by Gasteiger charge is 2.39. The van der Waals surface area contributed by atoms with Crippen molar-refractivity contribution in [1.29, 1.82) is 0 Å². The first-order valence-electron chi connectivity index (χ1n) is 6.08. The fourth-order valence-electron chi connectivity index (χ4n) is 3.11. The van der Waals surface area contributed by atoms with Gasteiger partial charge in [-0.25, -0.2) is 0 Å². The zero-order valence-electron chi connectivity index (χ0n) is 8.87. The Labute approximate surface area is 86.2 Å². The molecule has 2 N–H and O–H groups in total. The lowest BCUT2D eigenvalue weighted by atomic mass is 9.88. The highest BCUT2D eigenvalue weighted by molar-refractivity contribution is 5.88. The summed E-state index contributed by atoms with van der Waals surface area (Å²) in [6.07, 6.45) is 9.88. The molecule has 3 atom stereocenters. The number of hydrogen-bond donors (Lipinski definition) is 1. The first-order valence-corrected chi connectivity index (χ1v) is 6.08.